The van der Waals surface area contributed by atoms with E-state index in [0.717, 1.165) is 12.3 Å². The van der Waals surface area contributed by atoms with Crippen LogP contribution in [0.2, 0.25) is 0 Å². The fourth-order valence-corrected chi connectivity index (χ4v) is 3.03. The van der Waals surface area contributed by atoms with E-state index in [9.17, 15) is 0 Å². The van der Waals surface area contributed by atoms with E-state index in [-0.39, 0.29) is 0 Å². The van der Waals surface area contributed by atoms with Crippen LogP contribution >= 0.6 is 0 Å². The summed E-state index contributed by atoms with van der Waals surface area (Å²) in [5.74, 6) is 6.67. The van der Waals surface area contributed by atoms with Gasteiger partial charge in [0.15, 0.2) is 0 Å². The van der Waals surface area contributed by atoms with Crippen LogP contribution in [0.1, 0.15) is 61.3 Å². The van der Waals surface area contributed by atoms with Crippen molar-refractivity contribution >= 4 is 0 Å². The van der Waals surface area contributed by atoms with Crippen LogP contribution in [0.5, 0.6) is 0 Å². The second kappa shape index (κ2) is 6.35. The largest absolute Gasteiger partial charge is 0.271 e. The number of nitrogens with two attached hydrogens (primary N) is 1. The first-order valence-electron chi connectivity index (χ1n) is 7.24. The van der Waals surface area contributed by atoms with Gasteiger partial charge < -0.3 is 0 Å². The van der Waals surface area contributed by atoms with Crippen molar-refractivity contribution in [2.75, 3.05) is 0 Å². The third-order valence-corrected chi connectivity index (χ3v) is 4.47. The zero-order chi connectivity index (χ0) is 13.0. The molecule has 1 unspecified atom stereocenters. The van der Waals surface area contributed by atoms with Gasteiger partial charge in [0.05, 0.1) is 0 Å². The van der Waals surface area contributed by atoms with E-state index in [0.29, 0.717) is 6.04 Å². The van der Waals surface area contributed by atoms with Gasteiger partial charge >= 0.3 is 0 Å². The molecule has 0 radical (unpaired) electrons. The maximum absolute atomic E-state index is 5.73. The molecule has 1 aromatic rings. The van der Waals surface area contributed by atoms with Crippen molar-refractivity contribution in [3.8, 4) is 0 Å². The maximum Gasteiger partial charge on any atom is 0.0460 e. The van der Waals surface area contributed by atoms with Crippen LogP contribution in [0, 0.1) is 19.8 Å². The number of aryl methyl sites for hydroxylation is 2. The molecular formula is C16H26N2. The highest BCUT2D eigenvalue weighted by atomic mass is 15.2. The second-order valence-corrected chi connectivity index (χ2v) is 5.79. The van der Waals surface area contributed by atoms with Crippen LogP contribution in [-0.4, -0.2) is 0 Å². The molecule has 0 aliphatic heterocycles. The molecule has 1 aliphatic rings. The first-order chi connectivity index (χ1) is 8.70. The molecule has 18 heavy (non-hydrogen) atoms. The van der Waals surface area contributed by atoms with Crippen LogP contribution in [0.4, 0.5) is 0 Å². The minimum Gasteiger partial charge on any atom is -0.271 e. The van der Waals surface area contributed by atoms with E-state index in [1.807, 2.05) is 0 Å². The van der Waals surface area contributed by atoms with Gasteiger partial charge in [-0.3, -0.25) is 11.3 Å². The van der Waals surface area contributed by atoms with E-state index in [1.165, 1.54) is 48.8 Å². The van der Waals surface area contributed by atoms with Crippen molar-refractivity contribution in [3.63, 3.8) is 0 Å². The van der Waals surface area contributed by atoms with Gasteiger partial charge in [-0.15, -0.1) is 0 Å². The molecule has 0 spiro atoms. The van der Waals surface area contributed by atoms with Crippen molar-refractivity contribution in [1.82, 2.24) is 5.43 Å². The van der Waals surface area contributed by atoms with E-state index < -0.39 is 0 Å². The minimum atomic E-state index is 0.310. The Bertz CT molecular complexity index is 381. The average Bonchev–Trinajstić information content (AvgIpc) is 2.87. The van der Waals surface area contributed by atoms with Gasteiger partial charge in [-0.1, -0.05) is 43.9 Å². The van der Waals surface area contributed by atoms with Crippen molar-refractivity contribution in [3.05, 3.63) is 34.9 Å². The third-order valence-electron chi connectivity index (χ3n) is 4.47. The predicted molar refractivity (Wildman–Crippen MR) is 77.2 cm³/mol. The van der Waals surface area contributed by atoms with E-state index >= 15 is 0 Å². The van der Waals surface area contributed by atoms with Crippen LogP contribution in [0.3, 0.4) is 0 Å². The lowest BCUT2D eigenvalue weighted by Crippen LogP contribution is -2.28. The number of hydrazine groups is 1. The monoisotopic (exact) mass is 246 g/mol. The van der Waals surface area contributed by atoms with Gasteiger partial charge in [-0.25, -0.2) is 0 Å². The molecule has 3 N–H and O–H groups in total. The van der Waals surface area contributed by atoms with Gasteiger partial charge in [0, 0.05) is 6.04 Å². The number of rotatable bonds is 5. The summed E-state index contributed by atoms with van der Waals surface area (Å²) in [7, 11) is 0. The Morgan fingerprint density at radius 3 is 2.56 bits per heavy atom. The summed E-state index contributed by atoms with van der Waals surface area (Å²) in [6.45, 7) is 4.33. The zero-order valence-corrected chi connectivity index (χ0v) is 11.7. The summed E-state index contributed by atoms with van der Waals surface area (Å²) in [6.07, 6.45) is 8.16. The molecule has 2 rings (SSSR count). The van der Waals surface area contributed by atoms with Crippen molar-refractivity contribution in [1.29, 1.82) is 0 Å². The molecule has 0 saturated heterocycles. The molecule has 1 fully saturated rings. The first kappa shape index (κ1) is 13.6. The molecule has 0 heterocycles. The fraction of sp³-hybridized carbons (Fsp3) is 0.625. The molecule has 1 atom stereocenters. The lowest BCUT2D eigenvalue weighted by atomic mass is 9.93. The Balaban J connectivity index is 1.96. The zero-order valence-electron chi connectivity index (χ0n) is 11.7. The predicted octanol–water partition coefficient (Wildman–Crippen LogP) is 3.78. The van der Waals surface area contributed by atoms with Gasteiger partial charge in [0.25, 0.3) is 0 Å². The topological polar surface area (TPSA) is 38.0 Å². The quantitative estimate of drug-likeness (QED) is 0.613. The number of benzene rings is 1. The minimum absolute atomic E-state index is 0.310. The van der Waals surface area contributed by atoms with Gasteiger partial charge in [-0.05, 0) is 49.3 Å². The second-order valence-electron chi connectivity index (χ2n) is 5.79. The standard InChI is InChI=1S/C16H26N2/c1-12-7-9-15(11-13(12)2)16(18-17)10-8-14-5-3-4-6-14/h7,9,11,14,16,18H,3-6,8,10,17H2,1-2H3. The molecule has 100 valence electrons. The van der Waals surface area contributed by atoms with Crippen LogP contribution in [0.25, 0.3) is 0 Å². The first-order valence-corrected chi connectivity index (χ1v) is 7.24. The lowest BCUT2D eigenvalue weighted by Gasteiger charge is -2.19. The fourth-order valence-electron chi connectivity index (χ4n) is 3.03. The molecule has 1 saturated carbocycles. The highest BCUT2D eigenvalue weighted by Crippen LogP contribution is 2.31. The van der Waals surface area contributed by atoms with Crippen LogP contribution in [0.15, 0.2) is 18.2 Å². The van der Waals surface area contributed by atoms with E-state index in [2.05, 4.69) is 37.5 Å². The summed E-state index contributed by atoms with van der Waals surface area (Å²) in [5, 5.41) is 0. The molecule has 2 nitrogen and oxygen atoms in total. The Morgan fingerprint density at radius 1 is 1.22 bits per heavy atom. The summed E-state index contributed by atoms with van der Waals surface area (Å²) < 4.78 is 0. The number of nitrogens with one attached hydrogen (secondary N) is 1. The summed E-state index contributed by atoms with van der Waals surface area (Å²) in [5.41, 5.74) is 7.03. The Labute approximate surface area is 111 Å². The molecule has 2 heteroatoms. The summed E-state index contributed by atoms with van der Waals surface area (Å²) >= 11 is 0. The van der Waals surface area contributed by atoms with Crippen LogP contribution in [-0.2, 0) is 0 Å². The molecular weight excluding hydrogens is 220 g/mol. The third kappa shape index (κ3) is 3.33. The Kier molecular flexibility index (Phi) is 4.79. The Morgan fingerprint density at radius 2 is 1.94 bits per heavy atom. The molecule has 0 amide bonds. The molecule has 1 aliphatic carbocycles. The smallest absolute Gasteiger partial charge is 0.0460 e. The van der Waals surface area contributed by atoms with Gasteiger partial charge in [0.1, 0.15) is 0 Å². The SMILES string of the molecule is Cc1ccc(C(CCC2CCCC2)NN)cc1C. The van der Waals surface area contributed by atoms with Crippen LogP contribution < -0.4 is 11.3 Å². The van der Waals surface area contributed by atoms with E-state index in [4.69, 9.17) is 5.84 Å². The number of hydrogen-bond acceptors (Lipinski definition) is 2. The summed E-state index contributed by atoms with van der Waals surface area (Å²) in [4.78, 5) is 0. The number of hydrogen-bond donors (Lipinski definition) is 2. The van der Waals surface area contributed by atoms with Crippen molar-refractivity contribution in [2.45, 2.75) is 58.4 Å². The van der Waals surface area contributed by atoms with E-state index in [1.54, 1.807) is 0 Å². The van der Waals surface area contributed by atoms with Gasteiger partial charge in [0.2, 0.25) is 0 Å². The van der Waals surface area contributed by atoms with Crippen molar-refractivity contribution < 1.29 is 0 Å². The maximum atomic E-state index is 5.73. The van der Waals surface area contributed by atoms with Gasteiger partial charge in [-0.2, -0.15) is 0 Å². The Hall–Kier alpha value is -0.860. The lowest BCUT2D eigenvalue weighted by molar-refractivity contribution is 0.416. The molecule has 0 aromatic heterocycles. The normalized spacial score (nSPS) is 18.2. The highest BCUT2D eigenvalue weighted by molar-refractivity contribution is 5.31. The highest BCUT2D eigenvalue weighted by Gasteiger charge is 2.17. The van der Waals surface area contributed by atoms with Crippen molar-refractivity contribution in [2.24, 2.45) is 11.8 Å². The molecule has 1 aromatic carbocycles. The average molecular weight is 246 g/mol. The molecule has 0 bridgehead atoms. The summed E-state index contributed by atoms with van der Waals surface area (Å²) in [6, 6.07) is 6.99.